The van der Waals surface area contributed by atoms with Gasteiger partial charge in [0.15, 0.2) is 0 Å². The monoisotopic (exact) mass is 286 g/mol. The van der Waals surface area contributed by atoms with Gasteiger partial charge >= 0.3 is 5.97 Å². The molecule has 0 bridgehead atoms. The first-order chi connectivity index (χ1) is 9.06. The number of hydrogen-bond donors (Lipinski definition) is 3. The predicted octanol–water partition coefficient (Wildman–Crippen LogP) is 0.603. The molecule has 1 rings (SSSR count). The first-order valence-electron chi connectivity index (χ1n) is 6.91. The molecule has 20 heavy (non-hydrogen) atoms. The number of carboxylic acid groups (broad SMARTS) is 1. The van der Waals surface area contributed by atoms with Crippen molar-refractivity contribution >= 4 is 11.9 Å². The average molecular weight is 286 g/mol. The highest BCUT2D eigenvalue weighted by atomic mass is 16.5. The SMILES string of the molecule is CC(C)(C)CC(CNC(=O)C1(C)COCC1N)C(=O)O. The van der Waals surface area contributed by atoms with E-state index in [1.807, 2.05) is 20.8 Å². The summed E-state index contributed by atoms with van der Waals surface area (Å²) in [7, 11) is 0. The Morgan fingerprint density at radius 3 is 2.50 bits per heavy atom. The van der Waals surface area contributed by atoms with Crippen molar-refractivity contribution in [3.63, 3.8) is 0 Å². The van der Waals surface area contributed by atoms with E-state index in [9.17, 15) is 14.7 Å². The molecule has 0 spiro atoms. The third kappa shape index (κ3) is 4.18. The molecule has 1 aliphatic heterocycles. The molecule has 116 valence electrons. The fraction of sp³-hybridized carbons (Fsp3) is 0.857. The van der Waals surface area contributed by atoms with E-state index in [4.69, 9.17) is 10.5 Å². The lowest BCUT2D eigenvalue weighted by Gasteiger charge is -2.28. The summed E-state index contributed by atoms with van der Waals surface area (Å²) < 4.78 is 5.23. The highest BCUT2D eigenvalue weighted by molar-refractivity contribution is 5.84. The summed E-state index contributed by atoms with van der Waals surface area (Å²) >= 11 is 0. The molecule has 0 aromatic rings. The smallest absolute Gasteiger partial charge is 0.308 e. The number of carbonyl (C=O) groups excluding carboxylic acids is 1. The van der Waals surface area contributed by atoms with Crippen LogP contribution in [0.25, 0.3) is 0 Å². The van der Waals surface area contributed by atoms with Gasteiger partial charge in [-0.2, -0.15) is 0 Å². The molecule has 0 saturated carbocycles. The first kappa shape index (κ1) is 16.9. The Morgan fingerprint density at radius 1 is 1.50 bits per heavy atom. The van der Waals surface area contributed by atoms with Crippen LogP contribution < -0.4 is 11.1 Å². The Kier molecular flexibility index (Phi) is 5.15. The standard InChI is InChI=1S/C14H26N2O4/c1-13(2,3)5-9(11(17)18)6-16-12(19)14(4)8-20-7-10(14)15/h9-10H,5-8,15H2,1-4H3,(H,16,19)(H,17,18). The molecule has 0 aromatic heterocycles. The Morgan fingerprint density at radius 2 is 2.10 bits per heavy atom. The Hall–Kier alpha value is -1.14. The van der Waals surface area contributed by atoms with Crippen molar-refractivity contribution in [2.75, 3.05) is 19.8 Å². The fourth-order valence-corrected chi connectivity index (χ4v) is 2.33. The van der Waals surface area contributed by atoms with Gasteiger partial charge in [-0.1, -0.05) is 20.8 Å². The molecular formula is C14H26N2O4. The van der Waals surface area contributed by atoms with E-state index in [-0.39, 0.29) is 30.5 Å². The minimum Gasteiger partial charge on any atom is -0.481 e. The molecule has 0 aliphatic carbocycles. The van der Waals surface area contributed by atoms with E-state index in [0.717, 1.165) is 0 Å². The number of ether oxygens (including phenoxy) is 1. The maximum Gasteiger partial charge on any atom is 0.308 e. The van der Waals surface area contributed by atoms with Crippen molar-refractivity contribution < 1.29 is 19.4 Å². The fourth-order valence-electron chi connectivity index (χ4n) is 2.33. The molecule has 6 nitrogen and oxygen atoms in total. The van der Waals surface area contributed by atoms with Gasteiger partial charge in [0.05, 0.1) is 24.5 Å². The van der Waals surface area contributed by atoms with E-state index in [0.29, 0.717) is 13.0 Å². The van der Waals surface area contributed by atoms with Gasteiger partial charge in [-0.05, 0) is 18.8 Å². The van der Waals surface area contributed by atoms with Crippen LogP contribution in [0.15, 0.2) is 0 Å². The van der Waals surface area contributed by atoms with Crippen LogP contribution in [0.5, 0.6) is 0 Å². The van der Waals surface area contributed by atoms with E-state index >= 15 is 0 Å². The summed E-state index contributed by atoms with van der Waals surface area (Å²) in [6.45, 7) is 8.44. The van der Waals surface area contributed by atoms with Gasteiger partial charge in [0, 0.05) is 12.6 Å². The topological polar surface area (TPSA) is 102 Å². The number of rotatable bonds is 5. The molecule has 1 aliphatic rings. The molecule has 3 atom stereocenters. The van der Waals surface area contributed by atoms with Gasteiger partial charge in [0.25, 0.3) is 0 Å². The van der Waals surface area contributed by atoms with Crippen LogP contribution in [0.4, 0.5) is 0 Å². The lowest BCUT2D eigenvalue weighted by Crippen LogP contribution is -2.51. The quantitative estimate of drug-likeness (QED) is 0.687. The molecule has 3 unspecified atom stereocenters. The summed E-state index contributed by atoms with van der Waals surface area (Å²) in [4.78, 5) is 23.5. The zero-order valence-electron chi connectivity index (χ0n) is 12.7. The maximum atomic E-state index is 12.2. The van der Waals surface area contributed by atoms with Gasteiger partial charge < -0.3 is 20.9 Å². The van der Waals surface area contributed by atoms with E-state index in [1.54, 1.807) is 6.92 Å². The number of aliphatic carboxylic acids is 1. The van der Waals surface area contributed by atoms with Crippen LogP contribution in [-0.4, -0.2) is 42.8 Å². The Bertz CT molecular complexity index is 378. The van der Waals surface area contributed by atoms with Gasteiger partial charge in [0.1, 0.15) is 0 Å². The Balaban J connectivity index is 2.59. The average Bonchev–Trinajstić information content (AvgIpc) is 2.64. The minimum absolute atomic E-state index is 0.107. The first-order valence-corrected chi connectivity index (χ1v) is 6.91. The molecular weight excluding hydrogens is 260 g/mol. The zero-order chi connectivity index (χ0) is 15.6. The lowest BCUT2D eigenvalue weighted by molar-refractivity contribution is -0.143. The Labute approximate surface area is 120 Å². The van der Waals surface area contributed by atoms with Crippen LogP contribution >= 0.6 is 0 Å². The van der Waals surface area contributed by atoms with Gasteiger partial charge in [-0.15, -0.1) is 0 Å². The summed E-state index contributed by atoms with van der Waals surface area (Å²) in [5, 5.41) is 12.0. The second-order valence-electron chi connectivity index (χ2n) is 7.05. The zero-order valence-corrected chi connectivity index (χ0v) is 12.7. The van der Waals surface area contributed by atoms with Crippen molar-refractivity contribution in [1.29, 1.82) is 0 Å². The largest absolute Gasteiger partial charge is 0.481 e. The highest BCUT2D eigenvalue weighted by Gasteiger charge is 2.44. The summed E-state index contributed by atoms with van der Waals surface area (Å²) in [6, 6.07) is -0.353. The summed E-state index contributed by atoms with van der Waals surface area (Å²) in [5.74, 6) is -1.72. The number of nitrogens with one attached hydrogen (secondary N) is 1. The number of carboxylic acids is 1. The van der Waals surface area contributed by atoms with E-state index in [2.05, 4.69) is 5.32 Å². The molecule has 1 saturated heterocycles. The van der Waals surface area contributed by atoms with Crippen LogP contribution in [0.2, 0.25) is 0 Å². The second kappa shape index (κ2) is 6.10. The summed E-state index contributed by atoms with van der Waals surface area (Å²) in [6.07, 6.45) is 0.502. The second-order valence-corrected chi connectivity index (χ2v) is 7.05. The summed E-state index contributed by atoms with van der Waals surface area (Å²) in [5.41, 5.74) is 5.00. The van der Waals surface area contributed by atoms with Gasteiger partial charge in [0.2, 0.25) is 5.91 Å². The number of carbonyl (C=O) groups is 2. The maximum absolute atomic E-state index is 12.2. The highest BCUT2D eigenvalue weighted by Crippen LogP contribution is 2.28. The third-order valence-electron chi connectivity index (χ3n) is 3.75. The van der Waals surface area contributed by atoms with Crippen LogP contribution in [0.1, 0.15) is 34.1 Å². The predicted molar refractivity (Wildman–Crippen MR) is 75.1 cm³/mol. The minimum atomic E-state index is -0.891. The number of amides is 1. The van der Waals surface area contributed by atoms with E-state index in [1.165, 1.54) is 0 Å². The molecule has 1 fully saturated rings. The molecule has 1 heterocycles. The van der Waals surface area contributed by atoms with Crippen molar-refractivity contribution in [1.82, 2.24) is 5.32 Å². The molecule has 6 heteroatoms. The van der Waals surface area contributed by atoms with Crippen molar-refractivity contribution in [2.24, 2.45) is 22.5 Å². The normalized spacial score (nSPS) is 28.1. The van der Waals surface area contributed by atoms with Crippen molar-refractivity contribution in [3.8, 4) is 0 Å². The van der Waals surface area contributed by atoms with Crippen molar-refractivity contribution in [2.45, 2.75) is 40.2 Å². The van der Waals surface area contributed by atoms with E-state index < -0.39 is 17.3 Å². The number of nitrogens with two attached hydrogens (primary N) is 1. The molecule has 4 N–H and O–H groups in total. The molecule has 0 radical (unpaired) electrons. The number of hydrogen-bond acceptors (Lipinski definition) is 4. The van der Waals surface area contributed by atoms with Crippen LogP contribution in [0, 0.1) is 16.7 Å². The van der Waals surface area contributed by atoms with Crippen LogP contribution in [-0.2, 0) is 14.3 Å². The molecule has 0 aromatic carbocycles. The van der Waals surface area contributed by atoms with Crippen molar-refractivity contribution in [3.05, 3.63) is 0 Å². The lowest BCUT2D eigenvalue weighted by atomic mass is 9.83. The van der Waals surface area contributed by atoms with Gasteiger partial charge in [-0.25, -0.2) is 0 Å². The molecule has 1 amide bonds. The van der Waals surface area contributed by atoms with Gasteiger partial charge in [-0.3, -0.25) is 9.59 Å². The van der Waals surface area contributed by atoms with Crippen LogP contribution in [0.3, 0.4) is 0 Å². The third-order valence-corrected chi connectivity index (χ3v) is 3.75.